The minimum Gasteiger partial charge on any atom is -0.496 e. The third-order valence-electron chi connectivity index (χ3n) is 4.06. The molecule has 0 unspecified atom stereocenters. The van der Waals surface area contributed by atoms with Crippen molar-refractivity contribution in [2.75, 3.05) is 14.2 Å². The van der Waals surface area contributed by atoms with Crippen LogP contribution >= 0.6 is 0 Å². The van der Waals surface area contributed by atoms with Gasteiger partial charge in [0.2, 0.25) is 5.88 Å². The van der Waals surface area contributed by atoms with Crippen LogP contribution in [0.15, 0.2) is 55.0 Å². The summed E-state index contributed by atoms with van der Waals surface area (Å²) in [7, 11) is 3.11. The van der Waals surface area contributed by atoms with Gasteiger partial charge in [-0.15, -0.1) is 0 Å². The van der Waals surface area contributed by atoms with Crippen molar-refractivity contribution in [3.63, 3.8) is 0 Å². The van der Waals surface area contributed by atoms with Gasteiger partial charge in [-0.25, -0.2) is 18.9 Å². The highest BCUT2D eigenvalue weighted by Crippen LogP contribution is 2.33. The van der Waals surface area contributed by atoms with Gasteiger partial charge in [0.15, 0.2) is 5.65 Å². The maximum atomic E-state index is 13.8. The second-order valence-corrected chi connectivity index (χ2v) is 5.57. The van der Waals surface area contributed by atoms with Crippen molar-refractivity contribution in [1.82, 2.24) is 19.6 Å². The lowest BCUT2D eigenvalue weighted by molar-refractivity contribution is 0.398. The molecule has 6 nitrogen and oxygen atoms in total. The lowest BCUT2D eigenvalue weighted by Gasteiger charge is -2.08. The third kappa shape index (κ3) is 2.73. The second kappa shape index (κ2) is 6.44. The van der Waals surface area contributed by atoms with E-state index in [9.17, 15) is 4.39 Å². The normalized spacial score (nSPS) is 10.9. The average molecular weight is 350 g/mol. The van der Waals surface area contributed by atoms with Crippen LogP contribution in [0.1, 0.15) is 0 Å². The lowest BCUT2D eigenvalue weighted by Crippen LogP contribution is -1.95. The summed E-state index contributed by atoms with van der Waals surface area (Å²) < 4.78 is 26.0. The number of hydrogen-bond acceptors (Lipinski definition) is 5. The molecule has 0 aliphatic carbocycles. The molecule has 3 aromatic heterocycles. The molecule has 3 heterocycles. The van der Waals surface area contributed by atoms with Crippen molar-refractivity contribution in [2.24, 2.45) is 0 Å². The molecule has 7 heteroatoms. The smallest absolute Gasteiger partial charge is 0.213 e. The van der Waals surface area contributed by atoms with Crippen LogP contribution in [-0.2, 0) is 0 Å². The summed E-state index contributed by atoms with van der Waals surface area (Å²) in [4.78, 5) is 8.81. The molecule has 130 valence electrons. The zero-order chi connectivity index (χ0) is 18.1. The lowest BCUT2D eigenvalue weighted by atomic mass is 10.1. The van der Waals surface area contributed by atoms with Crippen LogP contribution in [0.3, 0.4) is 0 Å². The van der Waals surface area contributed by atoms with E-state index < -0.39 is 0 Å². The molecule has 4 aromatic rings. The van der Waals surface area contributed by atoms with Crippen molar-refractivity contribution >= 4 is 5.65 Å². The van der Waals surface area contributed by atoms with Gasteiger partial charge >= 0.3 is 0 Å². The Morgan fingerprint density at radius 2 is 1.88 bits per heavy atom. The molecule has 0 aliphatic heterocycles. The molecule has 4 rings (SSSR count). The highest BCUT2D eigenvalue weighted by atomic mass is 19.1. The van der Waals surface area contributed by atoms with E-state index in [1.54, 1.807) is 49.5 Å². The van der Waals surface area contributed by atoms with E-state index in [0.29, 0.717) is 28.4 Å². The molecule has 0 saturated heterocycles. The fraction of sp³-hybridized carbons (Fsp3) is 0.105. The van der Waals surface area contributed by atoms with Crippen LogP contribution < -0.4 is 9.47 Å². The summed E-state index contributed by atoms with van der Waals surface area (Å²) in [6.07, 6.45) is 5.11. The Morgan fingerprint density at radius 3 is 2.69 bits per heavy atom. The molecule has 0 bridgehead atoms. The quantitative estimate of drug-likeness (QED) is 0.563. The monoisotopic (exact) mass is 350 g/mol. The number of ether oxygens (including phenoxy) is 2. The molecule has 0 aliphatic rings. The highest BCUT2D eigenvalue weighted by Gasteiger charge is 2.15. The fourth-order valence-electron chi connectivity index (χ4n) is 2.79. The first-order chi connectivity index (χ1) is 12.7. The van der Waals surface area contributed by atoms with Gasteiger partial charge in [0, 0.05) is 29.6 Å². The Bertz CT molecular complexity index is 1090. The van der Waals surface area contributed by atoms with Gasteiger partial charge in [-0.1, -0.05) is 0 Å². The predicted molar refractivity (Wildman–Crippen MR) is 94.7 cm³/mol. The Kier molecular flexibility index (Phi) is 3.96. The maximum absolute atomic E-state index is 13.8. The molecule has 0 amide bonds. The molecule has 0 fully saturated rings. The van der Waals surface area contributed by atoms with Crippen molar-refractivity contribution in [3.8, 4) is 34.0 Å². The van der Waals surface area contributed by atoms with Gasteiger partial charge < -0.3 is 9.47 Å². The summed E-state index contributed by atoms with van der Waals surface area (Å²) in [6, 6.07) is 9.86. The van der Waals surface area contributed by atoms with Crippen LogP contribution in [-0.4, -0.2) is 33.8 Å². The fourth-order valence-corrected chi connectivity index (χ4v) is 2.79. The average Bonchev–Trinajstić information content (AvgIpc) is 3.11. The molecule has 0 atom stereocenters. The van der Waals surface area contributed by atoms with E-state index in [4.69, 9.17) is 14.5 Å². The number of hydrogen-bond donors (Lipinski definition) is 0. The predicted octanol–water partition coefficient (Wildman–Crippen LogP) is 3.61. The number of methoxy groups -OCH3 is 2. The van der Waals surface area contributed by atoms with E-state index in [-0.39, 0.29) is 5.82 Å². The van der Waals surface area contributed by atoms with Crippen molar-refractivity contribution < 1.29 is 13.9 Å². The van der Waals surface area contributed by atoms with Crippen molar-refractivity contribution in [3.05, 3.63) is 60.8 Å². The summed E-state index contributed by atoms with van der Waals surface area (Å²) >= 11 is 0. The van der Waals surface area contributed by atoms with Gasteiger partial charge in [0.05, 0.1) is 31.7 Å². The molecular formula is C19H15FN4O2. The van der Waals surface area contributed by atoms with Gasteiger partial charge in [0.1, 0.15) is 11.6 Å². The SMILES string of the molecule is COc1cc(-c2ccn3ncc(-c4cc(F)ccc4OC)c3n2)ccn1. The third-order valence-corrected chi connectivity index (χ3v) is 4.06. The number of halogens is 1. The standard InChI is InChI=1S/C19H15FN4O2/c1-25-17-4-3-13(20)10-14(17)15-11-22-24-8-6-16(23-19(15)24)12-5-7-21-18(9-12)26-2/h3-11H,1-2H3. The molecule has 26 heavy (non-hydrogen) atoms. The van der Waals surface area contributed by atoms with Crippen LogP contribution in [0.4, 0.5) is 4.39 Å². The minimum absolute atomic E-state index is 0.352. The van der Waals surface area contributed by atoms with Crippen molar-refractivity contribution in [2.45, 2.75) is 0 Å². The van der Waals surface area contributed by atoms with E-state index in [2.05, 4.69) is 10.1 Å². The number of nitrogens with zero attached hydrogens (tertiary/aromatic N) is 4. The first kappa shape index (κ1) is 16.0. The van der Waals surface area contributed by atoms with Crippen LogP contribution in [0, 0.1) is 5.82 Å². The van der Waals surface area contributed by atoms with Crippen LogP contribution in [0.25, 0.3) is 28.0 Å². The van der Waals surface area contributed by atoms with Gasteiger partial charge in [0.25, 0.3) is 0 Å². The number of aromatic nitrogens is 4. The largest absolute Gasteiger partial charge is 0.496 e. The van der Waals surface area contributed by atoms with Gasteiger partial charge in [-0.3, -0.25) is 0 Å². The second-order valence-electron chi connectivity index (χ2n) is 5.57. The molecule has 0 N–H and O–H groups in total. The zero-order valence-corrected chi connectivity index (χ0v) is 14.2. The minimum atomic E-state index is -0.352. The van der Waals surface area contributed by atoms with Crippen LogP contribution in [0.5, 0.6) is 11.6 Å². The summed E-state index contributed by atoms with van der Waals surface area (Å²) in [5.41, 5.74) is 3.47. The van der Waals surface area contributed by atoms with E-state index in [1.165, 1.54) is 12.1 Å². The Labute approximate surface area is 148 Å². The van der Waals surface area contributed by atoms with Gasteiger partial charge in [-0.2, -0.15) is 5.10 Å². The van der Waals surface area contributed by atoms with E-state index >= 15 is 0 Å². The highest BCUT2D eigenvalue weighted by molar-refractivity contribution is 5.82. The summed E-state index contributed by atoms with van der Waals surface area (Å²) in [5.74, 6) is 0.707. The number of benzene rings is 1. The number of pyridine rings is 1. The Morgan fingerprint density at radius 1 is 1.00 bits per heavy atom. The van der Waals surface area contributed by atoms with Crippen molar-refractivity contribution in [1.29, 1.82) is 0 Å². The topological polar surface area (TPSA) is 61.5 Å². The molecular weight excluding hydrogens is 335 g/mol. The molecule has 0 radical (unpaired) electrons. The van der Waals surface area contributed by atoms with E-state index in [0.717, 1.165) is 11.3 Å². The summed E-state index contributed by atoms with van der Waals surface area (Å²) in [6.45, 7) is 0. The van der Waals surface area contributed by atoms with Crippen LogP contribution in [0.2, 0.25) is 0 Å². The first-order valence-electron chi connectivity index (χ1n) is 7.88. The molecule has 0 saturated carbocycles. The number of rotatable bonds is 4. The number of fused-ring (bicyclic) bond motifs is 1. The van der Waals surface area contributed by atoms with Gasteiger partial charge in [-0.05, 0) is 30.3 Å². The Hall–Kier alpha value is -3.48. The van der Waals surface area contributed by atoms with E-state index in [1.807, 2.05) is 12.1 Å². The maximum Gasteiger partial charge on any atom is 0.213 e. The first-order valence-corrected chi connectivity index (χ1v) is 7.88. The Balaban J connectivity index is 1.89. The zero-order valence-electron chi connectivity index (χ0n) is 14.2. The summed E-state index contributed by atoms with van der Waals surface area (Å²) in [5, 5.41) is 4.31. The molecule has 1 aromatic carbocycles. The molecule has 0 spiro atoms.